The Kier molecular flexibility index (Phi) is 5.84. The molecule has 2 aromatic rings. The molecule has 1 aliphatic carbocycles. The zero-order valence-electron chi connectivity index (χ0n) is 16.9. The fraction of sp³-hybridized carbons (Fsp3) is 0.417. The quantitative estimate of drug-likeness (QED) is 0.788. The molecule has 2 aliphatic rings. The van der Waals surface area contributed by atoms with Crippen molar-refractivity contribution in [2.24, 2.45) is 11.8 Å². The molecule has 1 saturated carbocycles. The number of carbonyl (C=O) groups is 2. The van der Waals surface area contributed by atoms with Gasteiger partial charge < -0.3 is 15.5 Å². The van der Waals surface area contributed by atoms with E-state index >= 15 is 0 Å². The summed E-state index contributed by atoms with van der Waals surface area (Å²) in [6.07, 6.45) is 3.77. The minimum Gasteiger partial charge on any atom is -0.349 e. The van der Waals surface area contributed by atoms with Crippen LogP contribution in [0, 0.1) is 18.8 Å². The van der Waals surface area contributed by atoms with Gasteiger partial charge in [-0.2, -0.15) is 0 Å². The van der Waals surface area contributed by atoms with Crippen molar-refractivity contribution in [2.75, 3.05) is 18.4 Å². The number of hydrogen-bond acceptors (Lipinski definition) is 2. The monoisotopic (exact) mass is 391 g/mol. The highest BCUT2D eigenvalue weighted by Crippen LogP contribution is 2.41. The third kappa shape index (κ3) is 4.97. The number of amides is 3. The van der Waals surface area contributed by atoms with Gasteiger partial charge in [-0.1, -0.05) is 42.5 Å². The van der Waals surface area contributed by atoms with Gasteiger partial charge in [0.1, 0.15) is 0 Å². The van der Waals surface area contributed by atoms with Crippen LogP contribution in [-0.4, -0.2) is 29.9 Å². The molecule has 152 valence electrons. The first-order valence-corrected chi connectivity index (χ1v) is 10.6. The lowest BCUT2D eigenvalue weighted by Crippen LogP contribution is -2.45. The van der Waals surface area contributed by atoms with Gasteiger partial charge >= 0.3 is 6.03 Å². The number of anilines is 1. The Hall–Kier alpha value is -2.82. The lowest BCUT2D eigenvalue weighted by atomic mass is 9.94. The normalized spacial score (nSPS) is 18.2. The van der Waals surface area contributed by atoms with E-state index in [9.17, 15) is 9.59 Å². The van der Waals surface area contributed by atoms with Crippen LogP contribution in [0.25, 0.3) is 0 Å². The molecule has 1 heterocycles. The molecule has 29 heavy (non-hydrogen) atoms. The molecule has 4 rings (SSSR count). The first-order valence-electron chi connectivity index (χ1n) is 10.6. The molecule has 0 bridgehead atoms. The second kappa shape index (κ2) is 8.68. The fourth-order valence-corrected chi connectivity index (χ4v) is 4.10. The number of hydrogen-bond donors (Lipinski definition) is 2. The number of carbonyl (C=O) groups excluding carboxylic acids is 2. The van der Waals surface area contributed by atoms with E-state index in [0.29, 0.717) is 31.8 Å². The van der Waals surface area contributed by atoms with Gasteiger partial charge in [-0.05, 0) is 61.8 Å². The second-order valence-electron chi connectivity index (χ2n) is 8.30. The maximum absolute atomic E-state index is 12.9. The Morgan fingerprint density at radius 2 is 1.69 bits per heavy atom. The van der Waals surface area contributed by atoms with E-state index in [1.165, 1.54) is 18.4 Å². The summed E-state index contributed by atoms with van der Waals surface area (Å²) in [7, 11) is 0. The van der Waals surface area contributed by atoms with Crippen LogP contribution in [0.4, 0.5) is 10.5 Å². The van der Waals surface area contributed by atoms with E-state index in [1.807, 2.05) is 54.3 Å². The predicted molar refractivity (Wildman–Crippen MR) is 115 cm³/mol. The van der Waals surface area contributed by atoms with Gasteiger partial charge in [0.2, 0.25) is 5.91 Å². The Balaban J connectivity index is 1.29. The van der Waals surface area contributed by atoms with Gasteiger partial charge in [0.25, 0.3) is 0 Å². The summed E-state index contributed by atoms with van der Waals surface area (Å²) in [6.45, 7) is 3.22. The number of urea groups is 1. The molecule has 3 amide bonds. The Morgan fingerprint density at radius 3 is 2.34 bits per heavy atom. The van der Waals surface area contributed by atoms with Gasteiger partial charge in [0, 0.05) is 24.7 Å². The first-order chi connectivity index (χ1) is 14.1. The van der Waals surface area contributed by atoms with E-state index in [1.54, 1.807) is 0 Å². The van der Waals surface area contributed by atoms with Crippen LogP contribution >= 0.6 is 0 Å². The summed E-state index contributed by atoms with van der Waals surface area (Å²) in [5.41, 5.74) is 3.12. The van der Waals surface area contributed by atoms with Gasteiger partial charge in [-0.15, -0.1) is 0 Å². The van der Waals surface area contributed by atoms with Crippen LogP contribution in [0.2, 0.25) is 0 Å². The van der Waals surface area contributed by atoms with Crippen LogP contribution in [0.5, 0.6) is 0 Å². The Morgan fingerprint density at radius 1 is 0.966 bits per heavy atom. The van der Waals surface area contributed by atoms with Crippen LogP contribution in [0.1, 0.15) is 42.9 Å². The van der Waals surface area contributed by atoms with E-state index in [2.05, 4.69) is 22.8 Å². The van der Waals surface area contributed by atoms with E-state index in [0.717, 1.165) is 11.3 Å². The first kappa shape index (κ1) is 19.5. The molecular weight excluding hydrogens is 362 g/mol. The van der Waals surface area contributed by atoms with Crippen molar-refractivity contribution in [3.63, 3.8) is 0 Å². The number of benzene rings is 2. The summed E-state index contributed by atoms with van der Waals surface area (Å²) in [5.74, 6) is 0.661. The molecule has 5 nitrogen and oxygen atoms in total. The van der Waals surface area contributed by atoms with Crippen molar-refractivity contribution in [3.8, 4) is 0 Å². The number of likely N-dealkylation sites (tertiary alicyclic amines) is 1. The predicted octanol–water partition coefficient (Wildman–Crippen LogP) is 4.51. The zero-order valence-corrected chi connectivity index (χ0v) is 16.9. The lowest BCUT2D eigenvalue weighted by Gasteiger charge is -2.32. The third-order valence-corrected chi connectivity index (χ3v) is 5.97. The van der Waals surface area contributed by atoms with Gasteiger partial charge in [0.15, 0.2) is 0 Å². The SMILES string of the molecule is Cc1cccc(NC(=O)N2CCC(C(=O)N[C@@H](c3ccccc3)C3CC3)CC2)c1. The maximum atomic E-state index is 12.9. The second-order valence-corrected chi connectivity index (χ2v) is 8.30. The largest absolute Gasteiger partial charge is 0.349 e. The molecule has 1 aliphatic heterocycles. The van der Waals surface area contributed by atoms with E-state index in [-0.39, 0.29) is 23.9 Å². The number of nitrogens with zero attached hydrogens (tertiary/aromatic N) is 1. The summed E-state index contributed by atoms with van der Waals surface area (Å²) in [5, 5.41) is 6.26. The minimum atomic E-state index is -0.0883. The van der Waals surface area contributed by atoms with Gasteiger partial charge in [-0.3, -0.25) is 4.79 Å². The molecule has 0 aromatic heterocycles. The maximum Gasteiger partial charge on any atom is 0.321 e. The molecular formula is C24H29N3O2. The van der Waals surface area contributed by atoms with E-state index < -0.39 is 0 Å². The van der Waals surface area contributed by atoms with Gasteiger partial charge in [0.05, 0.1) is 6.04 Å². The molecule has 1 atom stereocenters. The molecule has 0 unspecified atom stereocenters. The van der Waals surface area contributed by atoms with Crippen LogP contribution in [0.3, 0.4) is 0 Å². The average molecular weight is 392 g/mol. The minimum absolute atomic E-state index is 0.0250. The Labute approximate surface area is 172 Å². The molecule has 1 saturated heterocycles. The average Bonchev–Trinajstić information content (AvgIpc) is 3.58. The number of piperidine rings is 1. The van der Waals surface area contributed by atoms with Crippen molar-refractivity contribution in [3.05, 3.63) is 65.7 Å². The van der Waals surface area contributed by atoms with Crippen molar-refractivity contribution in [1.82, 2.24) is 10.2 Å². The number of rotatable bonds is 5. The highest BCUT2D eigenvalue weighted by molar-refractivity contribution is 5.89. The molecule has 2 N–H and O–H groups in total. The van der Waals surface area contributed by atoms with Crippen molar-refractivity contribution in [2.45, 2.75) is 38.6 Å². The standard InChI is InChI=1S/C24H29N3O2/c1-17-6-5-9-21(16-17)25-24(29)27-14-12-20(13-15-27)23(28)26-22(19-10-11-19)18-7-3-2-4-8-18/h2-9,16,19-20,22H,10-15H2,1H3,(H,25,29)(H,26,28)/t22-/m0/s1. The summed E-state index contributed by atoms with van der Waals surface area (Å²) < 4.78 is 0. The van der Waals surface area contributed by atoms with Gasteiger partial charge in [-0.25, -0.2) is 4.79 Å². The summed E-state index contributed by atoms with van der Waals surface area (Å²) >= 11 is 0. The van der Waals surface area contributed by atoms with Crippen molar-refractivity contribution in [1.29, 1.82) is 0 Å². The van der Waals surface area contributed by atoms with Crippen LogP contribution in [0.15, 0.2) is 54.6 Å². The number of aryl methyl sites for hydroxylation is 1. The third-order valence-electron chi connectivity index (χ3n) is 5.97. The van der Waals surface area contributed by atoms with E-state index in [4.69, 9.17) is 0 Å². The highest BCUT2D eigenvalue weighted by Gasteiger charge is 2.35. The molecule has 2 fully saturated rings. The number of nitrogens with one attached hydrogen (secondary N) is 2. The highest BCUT2D eigenvalue weighted by atomic mass is 16.2. The molecule has 0 radical (unpaired) electrons. The van der Waals surface area contributed by atoms with Crippen LogP contribution in [-0.2, 0) is 4.79 Å². The Bertz CT molecular complexity index is 855. The summed E-state index contributed by atoms with van der Waals surface area (Å²) in [4.78, 5) is 27.2. The zero-order chi connectivity index (χ0) is 20.2. The molecule has 5 heteroatoms. The molecule has 0 spiro atoms. The smallest absolute Gasteiger partial charge is 0.321 e. The van der Waals surface area contributed by atoms with Crippen molar-refractivity contribution >= 4 is 17.6 Å². The lowest BCUT2D eigenvalue weighted by molar-refractivity contribution is -0.127. The molecule has 2 aromatic carbocycles. The summed E-state index contributed by atoms with van der Waals surface area (Å²) in [6, 6.07) is 18.1. The van der Waals surface area contributed by atoms with Crippen molar-refractivity contribution < 1.29 is 9.59 Å². The van der Waals surface area contributed by atoms with Crippen LogP contribution < -0.4 is 10.6 Å². The fourth-order valence-electron chi connectivity index (χ4n) is 4.10. The topological polar surface area (TPSA) is 61.4 Å².